The number of alkyl halides is 1. The molecule has 0 aliphatic heterocycles. The molecule has 11 nitrogen and oxygen atoms in total. The zero-order valence-electron chi connectivity index (χ0n) is 13.9. The summed E-state index contributed by atoms with van der Waals surface area (Å²) < 4.78 is 26.8. The number of nitro groups is 2. The van der Waals surface area contributed by atoms with E-state index in [1.807, 2.05) is 0 Å². The maximum Gasteiger partial charge on any atom is 0.300 e. The zero-order chi connectivity index (χ0) is 20.1. The minimum absolute atomic E-state index is 0.00433. The van der Waals surface area contributed by atoms with Gasteiger partial charge in [0.2, 0.25) is 0 Å². The fourth-order valence-corrected chi connectivity index (χ4v) is 2.77. The minimum Gasteiger partial charge on any atom is -0.362 e. The highest BCUT2D eigenvalue weighted by Crippen LogP contribution is 2.36. The van der Waals surface area contributed by atoms with Crippen LogP contribution in [0.2, 0.25) is 0 Å². The molecule has 0 aliphatic carbocycles. The molecule has 26 heavy (non-hydrogen) atoms. The molecule has 0 N–H and O–H groups in total. The number of Topliss-reactive ketones (excluding diaryl/α,β-unsaturated/α-hetero) is 1. The summed E-state index contributed by atoms with van der Waals surface area (Å²) in [5.41, 5.74) is -1.68. The van der Waals surface area contributed by atoms with Crippen molar-refractivity contribution in [2.45, 2.75) is 6.92 Å². The van der Waals surface area contributed by atoms with Crippen molar-refractivity contribution in [2.24, 2.45) is 0 Å². The molecule has 0 unspecified atom stereocenters. The molecular weight excluding hydrogens is 394 g/mol. The molecule has 0 spiro atoms. The van der Waals surface area contributed by atoms with Gasteiger partial charge in [0, 0.05) is 25.0 Å². The standard InChI is InChI=1S/C13H16ClN3O8S/c1-9(18)11-7-10(16(19)20)8-12(17(21)22)13(11)15(4-3-14)5-6-25-26(2,23)24/h7-8H,3-6H2,1-2H3. The topological polar surface area (TPSA) is 150 Å². The first-order chi connectivity index (χ1) is 12.0. The minimum atomic E-state index is -3.74. The Kier molecular flexibility index (Phi) is 7.41. The van der Waals surface area contributed by atoms with E-state index in [1.165, 1.54) is 4.90 Å². The van der Waals surface area contributed by atoms with Gasteiger partial charge in [-0.15, -0.1) is 11.6 Å². The smallest absolute Gasteiger partial charge is 0.300 e. The van der Waals surface area contributed by atoms with Crippen LogP contribution in [0.4, 0.5) is 17.1 Å². The van der Waals surface area contributed by atoms with E-state index in [1.54, 1.807) is 0 Å². The lowest BCUT2D eigenvalue weighted by molar-refractivity contribution is -0.393. The molecule has 144 valence electrons. The van der Waals surface area contributed by atoms with Crippen LogP contribution in [0.5, 0.6) is 0 Å². The maximum atomic E-state index is 11.9. The lowest BCUT2D eigenvalue weighted by Crippen LogP contribution is -2.32. The van der Waals surface area contributed by atoms with Gasteiger partial charge in [0.25, 0.3) is 21.5 Å². The Morgan fingerprint density at radius 1 is 1.23 bits per heavy atom. The third-order valence-electron chi connectivity index (χ3n) is 3.19. The second kappa shape index (κ2) is 8.87. The molecule has 0 atom stereocenters. The van der Waals surface area contributed by atoms with Crippen LogP contribution in [0.1, 0.15) is 17.3 Å². The molecule has 0 heterocycles. The van der Waals surface area contributed by atoms with Crippen molar-refractivity contribution in [3.8, 4) is 0 Å². The van der Waals surface area contributed by atoms with E-state index in [0.717, 1.165) is 25.3 Å². The Balaban J connectivity index is 3.49. The number of nitrogens with zero attached hydrogens (tertiary/aromatic N) is 3. The quantitative estimate of drug-likeness (QED) is 0.185. The summed E-state index contributed by atoms with van der Waals surface area (Å²) in [5, 5.41) is 22.4. The predicted octanol–water partition coefficient (Wildman–Crippen LogP) is 1.73. The molecule has 0 aliphatic rings. The first kappa shape index (κ1) is 21.7. The Labute approximate surface area is 153 Å². The van der Waals surface area contributed by atoms with Gasteiger partial charge in [0.05, 0.1) is 34.3 Å². The van der Waals surface area contributed by atoms with Crippen molar-refractivity contribution in [3.05, 3.63) is 37.9 Å². The summed E-state index contributed by atoms with van der Waals surface area (Å²) in [5.74, 6) is -0.625. The van der Waals surface area contributed by atoms with Gasteiger partial charge < -0.3 is 4.90 Å². The van der Waals surface area contributed by atoms with Crippen molar-refractivity contribution in [1.29, 1.82) is 0 Å². The molecular formula is C13H16ClN3O8S. The van der Waals surface area contributed by atoms with Gasteiger partial charge in [-0.25, -0.2) is 0 Å². The summed E-state index contributed by atoms with van der Waals surface area (Å²) in [6.07, 6.45) is 0.841. The molecule has 0 aromatic heterocycles. The molecule has 0 amide bonds. The normalized spacial score (nSPS) is 11.2. The van der Waals surface area contributed by atoms with Crippen LogP contribution in [0.25, 0.3) is 0 Å². The van der Waals surface area contributed by atoms with Gasteiger partial charge in [-0.2, -0.15) is 8.42 Å². The molecule has 0 saturated carbocycles. The van der Waals surface area contributed by atoms with E-state index >= 15 is 0 Å². The lowest BCUT2D eigenvalue weighted by Gasteiger charge is -2.25. The molecule has 0 radical (unpaired) electrons. The summed E-state index contributed by atoms with van der Waals surface area (Å²) >= 11 is 5.70. The number of benzene rings is 1. The molecule has 1 aromatic carbocycles. The van der Waals surface area contributed by atoms with Crippen molar-refractivity contribution >= 4 is 44.6 Å². The first-order valence-electron chi connectivity index (χ1n) is 7.11. The number of anilines is 1. The fraction of sp³-hybridized carbons (Fsp3) is 0.462. The largest absolute Gasteiger partial charge is 0.362 e. The average Bonchev–Trinajstić information content (AvgIpc) is 2.51. The van der Waals surface area contributed by atoms with Crippen LogP contribution in [-0.4, -0.2) is 55.9 Å². The second-order valence-corrected chi connectivity index (χ2v) is 7.16. The van der Waals surface area contributed by atoms with Crippen LogP contribution in [0, 0.1) is 20.2 Å². The molecule has 1 rings (SSSR count). The number of hydrogen-bond acceptors (Lipinski definition) is 9. The Bertz CT molecular complexity index is 792. The van der Waals surface area contributed by atoms with Crippen molar-refractivity contribution in [2.75, 3.05) is 36.7 Å². The van der Waals surface area contributed by atoms with E-state index < -0.39 is 37.1 Å². The third kappa shape index (κ3) is 5.89. The van der Waals surface area contributed by atoms with E-state index in [9.17, 15) is 33.4 Å². The van der Waals surface area contributed by atoms with Crippen molar-refractivity contribution in [1.82, 2.24) is 0 Å². The SMILES string of the molecule is CC(=O)c1cc([N+](=O)[O-])cc([N+](=O)[O-])c1N(CCCl)CCOS(C)(=O)=O. The van der Waals surface area contributed by atoms with Crippen LogP contribution < -0.4 is 4.90 Å². The highest BCUT2D eigenvalue weighted by molar-refractivity contribution is 7.85. The highest BCUT2D eigenvalue weighted by Gasteiger charge is 2.29. The number of ketones is 1. The van der Waals surface area contributed by atoms with Gasteiger partial charge in [-0.3, -0.25) is 29.2 Å². The van der Waals surface area contributed by atoms with E-state index in [4.69, 9.17) is 11.6 Å². The zero-order valence-corrected chi connectivity index (χ0v) is 15.4. The van der Waals surface area contributed by atoms with Gasteiger partial charge in [-0.05, 0) is 6.92 Å². The predicted molar refractivity (Wildman–Crippen MR) is 93.5 cm³/mol. The summed E-state index contributed by atoms with van der Waals surface area (Å²) in [6, 6.07) is 1.67. The number of hydrogen-bond donors (Lipinski definition) is 0. The Hall–Kier alpha value is -2.31. The number of non-ortho nitro benzene ring substituents is 1. The van der Waals surface area contributed by atoms with E-state index in [-0.39, 0.29) is 36.8 Å². The van der Waals surface area contributed by atoms with Crippen LogP contribution in [0.3, 0.4) is 0 Å². The van der Waals surface area contributed by atoms with Gasteiger partial charge in [0.1, 0.15) is 5.69 Å². The maximum absolute atomic E-state index is 11.9. The van der Waals surface area contributed by atoms with Crippen LogP contribution in [0.15, 0.2) is 12.1 Å². The van der Waals surface area contributed by atoms with Crippen molar-refractivity contribution in [3.63, 3.8) is 0 Å². The molecule has 0 saturated heterocycles. The molecule has 0 fully saturated rings. The number of nitro benzene ring substituents is 2. The second-order valence-electron chi connectivity index (χ2n) is 5.13. The lowest BCUT2D eigenvalue weighted by atomic mass is 10.0. The highest BCUT2D eigenvalue weighted by atomic mass is 35.5. The van der Waals surface area contributed by atoms with Crippen LogP contribution >= 0.6 is 11.6 Å². The van der Waals surface area contributed by atoms with Gasteiger partial charge in [0.15, 0.2) is 5.78 Å². The summed E-state index contributed by atoms with van der Waals surface area (Å²) in [4.78, 5) is 33.9. The average molecular weight is 410 g/mol. The monoisotopic (exact) mass is 409 g/mol. The number of carbonyl (C=O) groups excluding carboxylic acids is 1. The summed E-state index contributed by atoms with van der Waals surface area (Å²) in [6.45, 7) is 0.645. The third-order valence-corrected chi connectivity index (χ3v) is 3.95. The molecule has 13 heteroatoms. The first-order valence-corrected chi connectivity index (χ1v) is 9.46. The molecule has 1 aromatic rings. The van der Waals surface area contributed by atoms with Crippen molar-refractivity contribution < 1.29 is 27.2 Å². The van der Waals surface area contributed by atoms with Gasteiger partial charge in [-0.1, -0.05) is 0 Å². The Morgan fingerprint density at radius 3 is 2.27 bits per heavy atom. The summed E-state index contributed by atoms with van der Waals surface area (Å²) in [7, 11) is -3.74. The Morgan fingerprint density at radius 2 is 1.85 bits per heavy atom. The number of halogens is 1. The number of rotatable bonds is 10. The molecule has 0 bridgehead atoms. The van der Waals surface area contributed by atoms with Crippen LogP contribution in [-0.2, 0) is 14.3 Å². The number of carbonyl (C=O) groups is 1. The van der Waals surface area contributed by atoms with E-state index in [0.29, 0.717) is 0 Å². The van der Waals surface area contributed by atoms with E-state index in [2.05, 4.69) is 4.18 Å². The van der Waals surface area contributed by atoms with Gasteiger partial charge >= 0.3 is 0 Å². The fourth-order valence-electron chi connectivity index (χ4n) is 2.19.